The van der Waals surface area contributed by atoms with Gasteiger partial charge in [0.15, 0.2) is 5.82 Å². The van der Waals surface area contributed by atoms with Crippen LogP contribution in [0.2, 0.25) is 0 Å². The molecule has 0 spiro atoms. The van der Waals surface area contributed by atoms with Crippen molar-refractivity contribution in [2.45, 2.75) is 6.92 Å². The summed E-state index contributed by atoms with van der Waals surface area (Å²) in [5.74, 6) is -0.984. The molecule has 1 N–H and O–H groups in total. The van der Waals surface area contributed by atoms with Crippen molar-refractivity contribution in [2.24, 2.45) is 0 Å². The first-order valence-electron chi connectivity index (χ1n) is 7.72. The molecule has 0 fully saturated rings. The Morgan fingerprint density at radius 1 is 1.12 bits per heavy atom. The lowest BCUT2D eigenvalue weighted by molar-refractivity contribution is 0.102. The molecule has 0 saturated heterocycles. The van der Waals surface area contributed by atoms with Crippen LogP contribution in [-0.2, 0) is 0 Å². The summed E-state index contributed by atoms with van der Waals surface area (Å²) in [6.07, 6.45) is 1.37. The number of halogens is 2. The number of aryl methyl sites for hydroxylation is 1. The normalized spacial score (nSPS) is 10.5. The highest BCUT2D eigenvalue weighted by Gasteiger charge is 2.15. The molecule has 1 aromatic heterocycles. The minimum Gasteiger partial charge on any atom is -0.497 e. The van der Waals surface area contributed by atoms with Crippen LogP contribution < -0.4 is 10.1 Å². The first kappa shape index (κ1) is 17.5. The van der Waals surface area contributed by atoms with E-state index in [9.17, 15) is 13.6 Å². The van der Waals surface area contributed by atoms with Gasteiger partial charge >= 0.3 is 0 Å². The second-order valence-corrected chi connectivity index (χ2v) is 5.50. The second-order valence-electron chi connectivity index (χ2n) is 5.50. The van der Waals surface area contributed by atoms with E-state index in [1.807, 2.05) is 0 Å². The number of ether oxygens (including phenoxy) is 1. The minimum absolute atomic E-state index is 0.116. The maximum atomic E-state index is 13.7. The average Bonchev–Trinajstić information content (AvgIpc) is 2.64. The number of aromatic nitrogens is 2. The smallest absolute Gasteiger partial charge is 0.259 e. The van der Waals surface area contributed by atoms with E-state index < -0.39 is 17.5 Å². The van der Waals surface area contributed by atoms with E-state index in [1.165, 1.54) is 6.20 Å². The predicted octanol–water partition coefficient (Wildman–Crippen LogP) is 3.99. The number of nitrogens with one attached hydrogen (secondary N) is 1. The fraction of sp³-hybridized carbons (Fsp3) is 0.105. The molecule has 0 atom stereocenters. The van der Waals surface area contributed by atoms with E-state index in [0.717, 1.165) is 17.7 Å². The summed E-state index contributed by atoms with van der Waals surface area (Å²) in [4.78, 5) is 20.9. The topological polar surface area (TPSA) is 64.1 Å². The van der Waals surface area contributed by atoms with Gasteiger partial charge in [-0.2, -0.15) is 0 Å². The molecular formula is C19H15F2N3O2. The van der Waals surface area contributed by atoms with Crippen molar-refractivity contribution in [1.82, 2.24) is 9.97 Å². The number of benzene rings is 2. The van der Waals surface area contributed by atoms with Gasteiger partial charge in [0.05, 0.1) is 24.1 Å². The fourth-order valence-electron chi connectivity index (χ4n) is 2.35. The lowest BCUT2D eigenvalue weighted by atomic mass is 10.1. The van der Waals surface area contributed by atoms with E-state index in [0.29, 0.717) is 23.3 Å². The van der Waals surface area contributed by atoms with E-state index in [1.54, 1.807) is 38.3 Å². The molecule has 7 heteroatoms. The molecule has 1 amide bonds. The molecule has 0 saturated carbocycles. The number of hydrogen-bond donors (Lipinski definition) is 1. The van der Waals surface area contributed by atoms with Gasteiger partial charge in [-0.05, 0) is 43.3 Å². The molecule has 0 radical (unpaired) electrons. The van der Waals surface area contributed by atoms with Crippen LogP contribution in [-0.4, -0.2) is 23.0 Å². The summed E-state index contributed by atoms with van der Waals surface area (Å²) in [6.45, 7) is 1.66. The van der Waals surface area contributed by atoms with Gasteiger partial charge in [0.2, 0.25) is 0 Å². The number of carbonyl (C=O) groups excluding carboxylic acids is 1. The van der Waals surface area contributed by atoms with Gasteiger partial charge in [0, 0.05) is 17.8 Å². The Hall–Kier alpha value is -3.35. The van der Waals surface area contributed by atoms with E-state index >= 15 is 0 Å². The highest BCUT2D eigenvalue weighted by atomic mass is 19.1. The predicted molar refractivity (Wildman–Crippen MR) is 93.1 cm³/mol. The summed E-state index contributed by atoms with van der Waals surface area (Å²) in [6, 6.07) is 10.1. The van der Waals surface area contributed by atoms with Crippen molar-refractivity contribution in [2.75, 3.05) is 12.4 Å². The van der Waals surface area contributed by atoms with Crippen LogP contribution in [0.25, 0.3) is 11.4 Å². The molecule has 0 bridgehead atoms. The third kappa shape index (κ3) is 3.66. The number of amides is 1. The maximum Gasteiger partial charge on any atom is 0.259 e. The molecule has 5 nitrogen and oxygen atoms in total. The minimum atomic E-state index is -0.855. The highest BCUT2D eigenvalue weighted by molar-refractivity contribution is 6.04. The van der Waals surface area contributed by atoms with Gasteiger partial charge in [-0.1, -0.05) is 0 Å². The molecule has 3 aromatic rings. The van der Waals surface area contributed by atoms with Crippen LogP contribution in [0.4, 0.5) is 14.5 Å². The van der Waals surface area contributed by atoms with Gasteiger partial charge in [-0.3, -0.25) is 4.79 Å². The maximum absolute atomic E-state index is 13.7. The van der Waals surface area contributed by atoms with Crippen LogP contribution in [0.15, 0.2) is 48.7 Å². The van der Waals surface area contributed by atoms with E-state index in [-0.39, 0.29) is 11.3 Å². The van der Waals surface area contributed by atoms with Crippen LogP contribution in [0, 0.1) is 18.6 Å². The van der Waals surface area contributed by atoms with Crippen LogP contribution in [0.1, 0.15) is 16.1 Å². The van der Waals surface area contributed by atoms with Gasteiger partial charge in [0.1, 0.15) is 17.4 Å². The van der Waals surface area contributed by atoms with E-state index in [2.05, 4.69) is 15.3 Å². The summed E-state index contributed by atoms with van der Waals surface area (Å²) in [5.41, 5.74) is 1.29. The van der Waals surface area contributed by atoms with Crippen molar-refractivity contribution in [1.29, 1.82) is 0 Å². The summed E-state index contributed by atoms with van der Waals surface area (Å²) >= 11 is 0. The summed E-state index contributed by atoms with van der Waals surface area (Å²) < 4.78 is 31.7. The molecule has 2 aromatic carbocycles. The molecule has 0 aliphatic heterocycles. The monoisotopic (exact) mass is 355 g/mol. The van der Waals surface area contributed by atoms with Crippen molar-refractivity contribution in [3.63, 3.8) is 0 Å². The quantitative estimate of drug-likeness (QED) is 0.769. The van der Waals surface area contributed by atoms with Gasteiger partial charge in [-0.25, -0.2) is 18.7 Å². The van der Waals surface area contributed by atoms with Gasteiger partial charge < -0.3 is 10.1 Å². The zero-order chi connectivity index (χ0) is 18.7. The fourth-order valence-corrected chi connectivity index (χ4v) is 2.35. The number of anilines is 1. The zero-order valence-electron chi connectivity index (χ0n) is 14.1. The van der Waals surface area contributed by atoms with Gasteiger partial charge in [0.25, 0.3) is 5.91 Å². The Labute approximate surface area is 148 Å². The molecule has 0 aliphatic carbocycles. The van der Waals surface area contributed by atoms with Gasteiger partial charge in [-0.15, -0.1) is 0 Å². The van der Waals surface area contributed by atoms with Crippen molar-refractivity contribution < 1.29 is 18.3 Å². The largest absolute Gasteiger partial charge is 0.497 e. The number of nitrogens with zero attached hydrogens (tertiary/aromatic N) is 2. The van der Waals surface area contributed by atoms with Crippen LogP contribution in [0.3, 0.4) is 0 Å². The molecule has 1 heterocycles. The first-order valence-corrected chi connectivity index (χ1v) is 7.72. The SMILES string of the molecule is COc1ccc(-c2ncc(C(=O)Nc3ccc(F)cc3F)c(C)n2)cc1. The van der Waals surface area contributed by atoms with Crippen molar-refractivity contribution in [3.05, 3.63) is 71.6 Å². The lowest BCUT2D eigenvalue weighted by Crippen LogP contribution is -2.16. The van der Waals surface area contributed by atoms with E-state index in [4.69, 9.17) is 4.74 Å². The molecule has 0 aliphatic rings. The first-order chi connectivity index (χ1) is 12.5. The second kappa shape index (κ2) is 7.26. The number of hydrogen-bond acceptors (Lipinski definition) is 4. The standard InChI is InChI=1S/C19H15F2N3O2/c1-11-15(19(25)24-17-8-5-13(20)9-16(17)21)10-22-18(23-11)12-3-6-14(26-2)7-4-12/h3-10H,1-2H3,(H,24,25). The zero-order valence-corrected chi connectivity index (χ0v) is 14.1. The Morgan fingerprint density at radius 3 is 2.46 bits per heavy atom. The third-order valence-electron chi connectivity index (χ3n) is 3.75. The lowest BCUT2D eigenvalue weighted by Gasteiger charge is -2.09. The number of rotatable bonds is 4. The Morgan fingerprint density at radius 2 is 1.85 bits per heavy atom. The van der Waals surface area contributed by atoms with Crippen molar-refractivity contribution in [3.8, 4) is 17.1 Å². The van der Waals surface area contributed by atoms with Crippen LogP contribution in [0.5, 0.6) is 5.75 Å². The third-order valence-corrected chi connectivity index (χ3v) is 3.75. The molecule has 0 unspecified atom stereocenters. The highest BCUT2D eigenvalue weighted by Crippen LogP contribution is 2.21. The Bertz CT molecular complexity index is 959. The molecule has 132 valence electrons. The average molecular weight is 355 g/mol. The van der Waals surface area contributed by atoms with Crippen molar-refractivity contribution >= 4 is 11.6 Å². The molecular weight excluding hydrogens is 340 g/mol. The number of carbonyl (C=O) groups is 1. The van der Waals surface area contributed by atoms with Crippen LogP contribution >= 0.6 is 0 Å². The Kier molecular flexibility index (Phi) is 4.88. The summed E-state index contributed by atoms with van der Waals surface area (Å²) in [7, 11) is 1.58. The molecule has 3 rings (SSSR count). The summed E-state index contributed by atoms with van der Waals surface area (Å²) in [5, 5.41) is 2.39. The Balaban J connectivity index is 1.83. The molecule has 26 heavy (non-hydrogen) atoms. The number of methoxy groups -OCH3 is 1.